The molecule has 0 atom stereocenters. The summed E-state index contributed by atoms with van der Waals surface area (Å²) in [6.45, 7) is 1.61. The zero-order chi connectivity index (χ0) is 16.1. The summed E-state index contributed by atoms with van der Waals surface area (Å²) in [5, 5.41) is 3.25. The van der Waals surface area contributed by atoms with Gasteiger partial charge in [-0.05, 0) is 24.3 Å². The van der Waals surface area contributed by atoms with E-state index < -0.39 is 0 Å². The summed E-state index contributed by atoms with van der Waals surface area (Å²) in [5.74, 6) is 0.831. The van der Waals surface area contributed by atoms with Gasteiger partial charge in [0.2, 0.25) is 0 Å². The van der Waals surface area contributed by atoms with Crippen molar-refractivity contribution in [2.45, 2.75) is 12.8 Å². The summed E-state index contributed by atoms with van der Waals surface area (Å²) in [6, 6.07) is 8.99. The predicted octanol–water partition coefficient (Wildman–Crippen LogP) is 2.87. The Bertz CT molecular complexity index is 692. The number of benzene rings is 1. The highest BCUT2D eigenvalue weighted by Crippen LogP contribution is 2.37. The fraction of sp³-hybridized carbons (Fsp3) is 0.294. The SMILES string of the molecule is O=C(NCCc1ccccn1)c1cc(Cl)c2c(c1)OCCCO2. The Kier molecular flexibility index (Phi) is 4.98. The van der Waals surface area contributed by atoms with Gasteiger partial charge in [-0.15, -0.1) is 0 Å². The average Bonchev–Trinajstić information content (AvgIpc) is 2.81. The Morgan fingerprint density at radius 3 is 2.96 bits per heavy atom. The molecule has 3 rings (SSSR count). The number of carbonyl (C=O) groups excluding carboxylic acids is 1. The molecule has 0 bridgehead atoms. The molecule has 0 fully saturated rings. The van der Waals surface area contributed by atoms with Crippen LogP contribution in [0.15, 0.2) is 36.5 Å². The van der Waals surface area contributed by atoms with E-state index in [0.29, 0.717) is 48.3 Å². The van der Waals surface area contributed by atoms with Crippen molar-refractivity contribution in [3.63, 3.8) is 0 Å². The Morgan fingerprint density at radius 1 is 1.26 bits per heavy atom. The Balaban J connectivity index is 1.65. The van der Waals surface area contributed by atoms with Crippen molar-refractivity contribution in [1.29, 1.82) is 0 Å². The summed E-state index contributed by atoms with van der Waals surface area (Å²) in [5.41, 5.74) is 1.39. The van der Waals surface area contributed by atoms with Gasteiger partial charge in [-0.3, -0.25) is 9.78 Å². The van der Waals surface area contributed by atoms with Gasteiger partial charge in [0.1, 0.15) is 0 Å². The van der Waals surface area contributed by atoms with E-state index in [1.54, 1.807) is 18.3 Å². The van der Waals surface area contributed by atoms with Gasteiger partial charge < -0.3 is 14.8 Å². The number of halogens is 1. The maximum atomic E-state index is 12.3. The van der Waals surface area contributed by atoms with Crippen molar-refractivity contribution in [2.75, 3.05) is 19.8 Å². The number of rotatable bonds is 4. The van der Waals surface area contributed by atoms with Crippen LogP contribution in [-0.2, 0) is 6.42 Å². The number of amides is 1. The predicted molar refractivity (Wildman–Crippen MR) is 87.3 cm³/mol. The summed E-state index contributed by atoms with van der Waals surface area (Å²) in [4.78, 5) is 16.5. The van der Waals surface area contributed by atoms with E-state index in [-0.39, 0.29) is 5.91 Å². The van der Waals surface area contributed by atoms with Gasteiger partial charge in [-0.25, -0.2) is 0 Å². The average molecular weight is 333 g/mol. The van der Waals surface area contributed by atoms with Gasteiger partial charge in [0.25, 0.3) is 5.91 Å². The molecule has 1 aromatic heterocycles. The number of hydrogen-bond donors (Lipinski definition) is 1. The molecule has 1 aromatic carbocycles. The Hall–Kier alpha value is -2.27. The molecule has 1 N–H and O–H groups in total. The van der Waals surface area contributed by atoms with Crippen molar-refractivity contribution < 1.29 is 14.3 Å². The minimum Gasteiger partial charge on any atom is -0.489 e. The number of pyridine rings is 1. The van der Waals surface area contributed by atoms with E-state index in [1.807, 2.05) is 18.2 Å². The number of fused-ring (bicyclic) bond motifs is 1. The van der Waals surface area contributed by atoms with Crippen LogP contribution in [0, 0.1) is 0 Å². The molecule has 0 spiro atoms. The minimum atomic E-state index is -0.196. The van der Waals surface area contributed by atoms with Gasteiger partial charge in [-0.2, -0.15) is 0 Å². The number of carbonyl (C=O) groups is 1. The van der Waals surface area contributed by atoms with E-state index in [1.165, 1.54) is 0 Å². The minimum absolute atomic E-state index is 0.196. The second kappa shape index (κ2) is 7.33. The second-order valence-electron chi connectivity index (χ2n) is 5.16. The molecule has 0 saturated heterocycles. The van der Waals surface area contributed by atoms with Crippen LogP contribution < -0.4 is 14.8 Å². The third-order valence-corrected chi connectivity index (χ3v) is 3.74. The van der Waals surface area contributed by atoms with E-state index >= 15 is 0 Å². The first-order chi connectivity index (χ1) is 11.2. The lowest BCUT2D eigenvalue weighted by atomic mass is 10.2. The summed E-state index contributed by atoms with van der Waals surface area (Å²) in [7, 11) is 0. The van der Waals surface area contributed by atoms with Gasteiger partial charge in [0.15, 0.2) is 11.5 Å². The van der Waals surface area contributed by atoms with E-state index in [2.05, 4.69) is 10.3 Å². The lowest BCUT2D eigenvalue weighted by Gasteiger charge is -2.11. The van der Waals surface area contributed by atoms with Crippen LogP contribution in [0.3, 0.4) is 0 Å². The molecule has 0 saturated carbocycles. The molecule has 120 valence electrons. The first-order valence-electron chi connectivity index (χ1n) is 7.51. The Labute approximate surface area is 139 Å². The third kappa shape index (κ3) is 3.93. The number of aromatic nitrogens is 1. The van der Waals surface area contributed by atoms with E-state index in [9.17, 15) is 4.79 Å². The lowest BCUT2D eigenvalue weighted by molar-refractivity contribution is 0.0953. The summed E-state index contributed by atoms with van der Waals surface area (Å²) in [6.07, 6.45) is 3.20. The molecule has 0 aliphatic carbocycles. The van der Waals surface area contributed by atoms with Crippen LogP contribution >= 0.6 is 11.6 Å². The molecule has 1 aliphatic rings. The van der Waals surface area contributed by atoms with E-state index in [0.717, 1.165) is 12.1 Å². The number of hydrogen-bond acceptors (Lipinski definition) is 4. The van der Waals surface area contributed by atoms with Crippen LogP contribution in [0.4, 0.5) is 0 Å². The largest absolute Gasteiger partial charge is 0.489 e. The monoisotopic (exact) mass is 332 g/mol. The quantitative estimate of drug-likeness (QED) is 0.935. The zero-order valence-corrected chi connectivity index (χ0v) is 13.3. The van der Waals surface area contributed by atoms with Crippen molar-refractivity contribution in [3.8, 4) is 11.5 Å². The fourth-order valence-corrected chi connectivity index (χ4v) is 2.58. The van der Waals surface area contributed by atoms with Crippen molar-refractivity contribution in [1.82, 2.24) is 10.3 Å². The van der Waals surface area contributed by atoms with Crippen molar-refractivity contribution >= 4 is 17.5 Å². The highest BCUT2D eigenvalue weighted by Gasteiger charge is 2.18. The highest BCUT2D eigenvalue weighted by molar-refractivity contribution is 6.32. The molecule has 1 aliphatic heterocycles. The lowest BCUT2D eigenvalue weighted by Crippen LogP contribution is -2.26. The molecule has 2 heterocycles. The molecule has 0 unspecified atom stereocenters. The maximum absolute atomic E-state index is 12.3. The van der Waals surface area contributed by atoms with Crippen LogP contribution in [0.2, 0.25) is 5.02 Å². The summed E-state index contributed by atoms with van der Waals surface area (Å²) >= 11 is 6.20. The van der Waals surface area contributed by atoms with Gasteiger partial charge in [0, 0.05) is 36.8 Å². The fourth-order valence-electron chi connectivity index (χ4n) is 2.31. The van der Waals surface area contributed by atoms with E-state index in [4.69, 9.17) is 21.1 Å². The molecular formula is C17H17ClN2O3. The van der Waals surface area contributed by atoms with Gasteiger partial charge in [-0.1, -0.05) is 17.7 Å². The maximum Gasteiger partial charge on any atom is 0.251 e. The van der Waals surface area contributed by atoms with Crippen LogP contribution in [-0.4, -0.2) is 30.6 Å². The van der Waals surface area contributed by atoms with Gasteiger partial charge >= 0.3 is 0 Å². The van der Waals surface area contributed by atoms with Gasteiger partial charge in [0.05, 0.1) is 18.2 Å². The molecule has 0 radical (unpaired) electrons. The first kappa shape index (κ1) is 15.6. The Morgan fingerprint density at radius 2 is 2.13 bits per heavy atom. The summed E-state index contributed by atoms with van der Waals surface area (Å²) < 4.78 is 11.2. The van der Waals surface area contributed by atoms with Crippen molar-refractivity contribution in [3.05, 3.63) is 52.8 Å². The molecule has 1 amide bonds. The topological polar surface area (TPSA) is 60.5 Å². The standard InChI is InChI=1S/C17H17ClN2O3/c18-14-10-12(11-15-16(14)23-9-3-8-22-15)17(21)20-7-5-13-4-1-2-6-19-13/h1-2,4,6,10-11H,3,5,7-9H2,(H,20,21). The van der Waals surface area contributed by atoms with Crippen molar-refractivity contribution in [2.24, 2.45) is 0 Å². The zero-order valence-electron chi connectivity index (χ0n) is 12.5. The molecule has 23 heavy (non-hydrogen) atoms. The number of nitrogens with zero attached hydrogens (tertiary/aromatic N) is 1. The number of nitrogens with one attached hydrogen (secondary N) is 1. The third-order valence-electron chi connectivity index (χ3n) is 3.46. The molecule has 6 heteroatoms. The highest BCUT2D eigenvalue weighted by atomic mass is 35.5. The smallest absolute Gasteiger partial charge is 0.251 e. The first-order valence-corrected chi connectivity index (χ1v) is 7.89. The molecular weight excluding hydrogens is 316 g/mol. The second-order valence-corrected chi connectivity index (χ2v) is 5.57. The van der Waals surface area contributed by atoms with Crippen LogP contribution in [0.5, 0.6) is 11.5 Å². The normalized spacial score (nSPS) is 13.3. The van der Waals surface area contributed by atoms with Crippen LogP contribution in [0.1, 0.15) is 22.5 Å². The molecule has 5 nitrogen and oxygen atoms in total. The number of ether oxygens (including phenoxy) is 2. The van der Waals surface area contributed by atoms with Crippen LogP contribution in [0.25, 0.3) is 0 Å². The molecule has 2 aromatic rings.